The maximum atomic E-state index is 14.0. The molecule has 2 saturated heterocycles. The Morgan fingerprint density at radius 1 is 0.582 bits per heavy atom. The van der Waals surface area contributed by atoms with Crippen LogP contribution in [-0.2, 0) is 37.8 Å². The fraction of sp³-hybridized carbons (Fsp3) is 0.375. The van der Waals surface area contributed by atoms with Crippen molar-refractivity contribution in [3.8, 4) is 11.5 Å². The molecule has 0 aliphatic carbocycles. The maximum Gasteiger partial charge on any atom is 0.183 e. The van der Waals surface area contributed by atoms with Gasteiger partial charge in [0.2, 0.25) is 0 Å². The lowest BCUT2D eigenvalue weighted by atomic mass is 9.77. The largest absolute Gasteiger partial charge is 0.488 e. The van der Waals surface area contributed by atoms with Crippen molar-refractivity contribution in [3.05, 3.63) is 166 Å². The van der Waals surface area contributed by atoms with Crippen molar-refractivity contribution in [2.75, 3.05) is 26.4 Å². The summed E-state index contributed by atoms with van der Waals surface area (Å²) in [5.74, 6) is 1.25. The van der Waals surface area contributed by atoms with E-state index in [4.69, 9.17) is 28.4 Å². The molecule has 0 aromatic heterocycles. The van der Waals surface area contributed by atoms with Crippen molar-refractivity contribution in [2.24, 2.45) is 10.8 Å². The summed E-state index contributed by atoms with van der Waals surface area (Å²) in [5, 5.41) is 14.0. The van der Waals surface area contributed by atoms with E-state index >= 15 is 0 Å². The first-order valence-electron chi connectivity index (χ1n) is 19.3. The lowest BCUT2D eigenvalue weighted by Crippen LogP contribution is -2.35. The predicted molar refractivity (Wildman–Crippen MR) is 214 cm³/mol. The van der Waals surface area contributed by atoms with E-state index < -0.39 is 18.2 Å². The Bertz CT molecular complexity index is 1900. The number of hydrogen-bond acceptors (Lipinski definition) is 7. The Morgan fingerprint density at radius 3 is 1.44 bits per heavy atom. The molecule has 0 saturated carbocycles. The average Bonchev–Trinajstić information content (AvgIpc) is 3.20. The lowest BCUT2D eigenvalue weighted by Gasteiger charge is -2.37. The monoisotopic (exact) mass is 742 g/mol. The second kappa shape index (κ2) is 16.3. The quantitative estimate of drug-likeness (QED) is 0.128. The predicted octanol–water partition coefficient (Wildman–Crippen LogP) is 10.4. The average molecular weight is 743 g/mol. The van der Waals surface area contributed by atoms with E-state index in [-0.39, 0.29) is 16.7 Å². The van der Waals surface area contributed by atoms with Gasteiger partial charge in [0.15, 0.2) is 12.6 Å². The summed E-state index contributed by atoms with van der Waals surface area (Å²) in [6.07, 6.45) is -1.23. The highest BCUT2D eigenvalue weighted by atomic mass is 16.7. The van der Waals surface area contributed by atoms with Crippen LogP contribution in [0.4, 0.5) is 0 Å². The third-order valence-electron chi connectivity index (χ3n) is 10.3. The first kappa shape index (κ1) is 38.8. The van der Waals surface area contributed by atoms with Gasteiger partial charge >= 0.3 is 0 Å². The van der Waals surface area contributed by atoms with E-state index in [0.717, 1.165) is 27.8 Å². The Hall–Kier alpha value is -4.50. The Morgan fingerprint density at radius 2 is 1.02 bits per heavy atom. The molecule has 2 heterocycles. The molecule has 0 bridgehead atoms. The van der Waals surface area contributed by atoms with E-state index in [1.165, 1.54) is 0 Å². The van der Waals surface area contributed by atoms with E-state index in [1.807, 2.05) is 109 Å². The van der Waals surface area contributed by atoms with Crippen LogP contribution in [0.5, 0.6) is 11.5 Å². The van der Waals surface area contributed by atoms with Crippen LogP contribution in [0.25, 0.3) is 0 Å². The van der Waals surface area contributed by atoms with Gasteiger partial charge in [-0.05, 0) is 52.4 Å². The Labute approximate surface area is 326 Å². The van der Waals surface area contributed by atoms with Crippen molar-refractivity contribution in [3.63, 3.8) is 0 Å². The number of benzene rings is 5. The summed E-state index contributed by atoms with van der Waals surface area (Å²) in [6, 6.07) is 39.9. The summed E-state index contributed by atoms with van der Waals surface area (Å²) in [6.45, 7) is 15.6. The minimum absolute atomic E-state index is 0.111. The molecule has 5 aromatic carbocycles. The molecule has 2 aliphatic rings. The van der Waals surface area contributed by atoms with Crippen LogP contribution in [-0.4, -0.2) is 31.5 Å². The minimum Gasteiger partial charge on any atom is -0.488 e. The molecule has 2 aliphatic heterocycles. The molecule has 0 atom stereocenters. The van der Waals surface area contributed by atoms with Crippen LogP contribution >= 0.6 is 0 Å². The number of aliphatic hydroxyl groups is 1. The summed E-state index contributed by atoms with van der Waals surface area (Å²) >= 11 is 0. The smallest absolute Gasteiger partial charge is 0.183 e. The normalized spacial score (nSPS) is 17.6. The van der Waals surface area contributed by atoms with Gasteiger partial charge in [0, 0.05) is 33.1 Å². The highest BCUT2D eigenvalue weighted by molar-refractivity contribution is 5.59. The van der Waals surface area contributed by atoms with E-state index in [0.29, 0.717) is 67.8 Å². The second-order valence-corrected chi connectivity index (χ2v) is 16.8. The lowest BCUT2D eigenvalue weighted by molar-refractivity contribution is -0.226. The Kier molecular flexibility index (Phi) is 11.5. The molecule has 7 rings (SSSR count). The van der Waals surface area contributed by atoms with Gasteiger partial charge in [-0.15, -0.1) is 0 Å². The molecule has 7 nitrogen and oxygen atoms in total. The van der Waals surface area contributed by atoms with E-state index in [1.54, 1.807) is 0 Å². The van der Waals surface area contributed by atoms with Gasteiger partial charge in [-0.1, -0.05) is 139 Å². The topological polar surface area (TPSA) is 75.6 Å². The van der Waals surface area contributed by atoms with E-state index in [2.05, 4.69) is 53.7 Å². The molecular weight excluding hydrogens is 689 g/mol. The molecule has 5 aromatic rings. The number of ether oxygens (including phenoxy) is 6. The van der Waals surface area contributed by atoms with Gasteiger partial charge in [0.05, 0.1) is 26.4 Å². The zero-order valence-corrected chi connectivity index (χ0v) is 32.9. The summed E-state index contributed by atoms with van der Waals surface area (Å²) in [5.41, 5.74) is 4.38. The molecule has 55 heavy (non-hydrogen) atoms. The fourth-order valence-corrected chi connectivity index (χ4v) is 7.02. The summed E-state index contributed by atoms with van der Waals surface area (Å²) in [4.78, 5) is 0. The summed E-state index contributed by atoms with van der Waals surface area (Å²) < 4.78 is 38.6. The first-order chi connectivity index (χ1) is 26.4. The molecular formula is C48H54O7. The first-order valence-corrected chi connectivity index (χ1v) is 19.3. The fourth-order valence-electron chi connectivity index (χ4n) is 7.02. The molecule has 0 amide bonds. The van der Waals surface area contributed by atoms with Crippen LogP contribution in [0, 0.1) is 10.8 Å². The third-order valence-corrected chi connectivity index (χ3v) is 10.3. The molecule has 288 valence electrons. The Balaban J connectivity index is 1.43. The molecule has 0 spiro atoms. The zero-order valence-electron chi connectivity index (χ0n) is 32.9. The van der Waals surface area contributed by atoms with Crippen LogP contribution in [0.15, 0.2) is 121 Å². The molecule has 0 unspecified atom stereocenters. The third kappa shape index (κ3) is 8.98. The van der Waals surface area contributed by atoms with Gasteiger partial charge in [-0.3, -0.25) is 0 Å². The second-order valence-electron chi connectivity index (χ2n) is 16.8. The van der Waals surface area contributed by atoms with Gasteiger partial charge < -0.3 is 33.5 Å². The van der Waals surface area contributed by atoms with Crippen molar-refractivity contribution in [2.45, 2.75) is 78.9 Å². The molecule has 0 radical (unpaired) electrons. The van der Waals surface area contributed by atoms with Crippen LogP contribution in [0.2, 0.25) is 0 Å². The molecule has 7 heteroatoms. The highest BCUT2D eigenvalue weighted by Crippen LogP contribution is 2.48. The number of rotatable bonds is 12. The SMILES string of the molecule is CC(C)c1cccc(C(O)(c2cc(C3OCC(C)(C)CO3)ccc2OCc2ccccc2)c2cc(C3OCC(C)(C)CO3)ccc2OCc2ccccc2)c1. The molecule has 1 N–H and O–H groups in total. The minimum atomic E-state index is -1.79. The van der Waals surface area contributed by atoms with Crippen molar-refractivity contribution < 1.29 is 33.5 Å². The van der Waals surface area contributed by atoms with Gasteiger partial charge in [-0.25, -0.2) is 0 Å². The van der Waals surface area contributed by atoms with Crippen molar-refractivity contribution >= 4 is 0 Å². The van der Waals surface area contributed by atoms with Gasteiger partial charge in [-0.2, -0.15) is 0 Å². The highest BCUT2D eigenvalue weighted by Gasteiger charge is 2.42. The summed E-state index contributed by atoms with van der Waals surface area (Å²) in [7, 11) is 0. The molecule has 2 fully saturated rings. The maximum absolute atomic E-state index is 14.0. The zero-order chi connectivity index (χ0) is 38.6. The number of hydrogen-bond donors (Lipinski definition) is 1. The van der Waals surface area contributed by atoms with Crippen molar-refractivity contribution in [1.82, 2.24) is 0 Å². The van der Waals surface area contributed by atoms with Crippen LogP contribution in [0.1, 0.15) is 105 Å². The van der Waals surface area contributed by atoms with E-state index in [9.17, 15) is 5.11 Å². The van der Waals surface area contributed by atoms with Crippen LogP contribution in [0.3, 0.4) is 0 Å². The van der Waals surface area contributed by atoms with Crippen molar-refractivity contribution in [1.29, 1.82) is 0 Å². The van der Waals surface area contributed by atoms with Crippen LogP contribution < -0.4 is 9.47 Å². The standard InChI is InChI=1S/C48H54O7/c1-33(2)36-18-13-19-39(24-36)48(49,40-25-37(44-52-29-46(3,4)30-53-44)20-22-42(40)50-27-34-14-9-7-10-15-34)41-26-38(45-54-31-47(5,6)32-55-45)21-23-43(41)51-28-35-16-11-8-12-17-35/h7-26,33,44-45,49H,27-32H2,1-6H3. The van der Waals surface area contributed by atoms with Gasteiger partial charge in [0.25, 0.3) is 0 Å². The van der Waals surface area contributed by atoms with Gasteiger partial charge in [0.1, 0.15) is 30.3 Å².